The average molecular weight is 292 g/mol. The summed E-state index contributed by atoms with van der Waals surface area (Å²) in [6.45, 7) is 5.56. The van der Waals surface area contributed by atoms with Crippen LogP contribution in [0.15, 0.2) is 24.3 Å². The highest BCUT2D eigenvalue weighted by Crippen LogP contribution is 2.20. The lowest BCUT2D eigenvalue weighted by Gasteiger charge is -2.21. The highest BCUT2D eigenvalue weighted by atomic mass is 16.5. The van der Waals surface area contributed by atoms with Crippen LogP contribution in [0.1, 0.15) is 19.8 Å². The Hall–Kier alpha value is -1.59. The lowest BCUT2D eigenvalue weighted by Crippen LogP contribution is -2.34. The second-order valence-corrected chi connectivity index (χ2v) is 5.09. The van der Waals surface area contributed by atoms with Crippen molar-refractivity contribution in [2.45, 2.75) is 19.8 Å². The molecule has 116 valence electrons. The van der Waals surface area contributed by atoms with Crippen LogP contribution in [0.5, 0.6) is 5.75 Å². The summed E-state index contributed by atoms with van der Waals surface area (Å²) >= 11 is 0. The van der Waals surface area contributed by atoms with E-state index in [-0.39, 0.29) is 11.8 Å². The zero-order valence-electron chi connectivity index (χ0n) is 12.6. The van der Waals surface area contributed by atoms with Crippen molar-refractivity contribution in [1.29, 1.82) is 0 Å². The van der Waals surface area contributed by atoms with Crippen LogP contribution < -0.4 is 15.4 Å². The van der Waals surface area contributed by atoms with Gasteiger partial charge in [0.2, 0.25) is 5.91 Å². The third-order valence-corrected chi connectivity index (χ3v) is 3.51. The fourth-order valence-corrected chi connectivity index (χ4v) is 2.35. The second kappa shape index (κ2) is 8.64. The molecule has 1 heterocycles. The maximum atomic E-state index is 12.2. The van der Waals surface area contributed by atoms with E-state index >= 15 is 0 Å². The Morgan fingerprint density at radius 1 is 1.33 bits per heavy atom. The van der Waals surface area contributed by atoms with Crippen LogP contribution >= 0.6 is 0 Å². The maximum absolute atomic E-state index is 12.2. The summed E-state index contributed by atoms with van der Waals surface area (Å²) in [5, 5.41) is 6.24. The van der Waals surface area contributed by atoms with Gasteiger partial charge in [0.05, 0.1) is 6.61 Å². The molecule has 1 amide bonds. The van der Waals surface area contributed by atoms with Crippen LogP contribution in [0.3, 0.4) is 0 Å². The van der Waals surface area contributed by atoms with Gasteiger partial charge in [-0.05, 0) is 45.0 Å². The Bertz CT molecular complexity index is 445. The summed E-state index contributed by atoms with van der Waals surface area (Å²) in [5.41, 5.74) is 0.785. The number of nitrogens with one attached hydrogen (secondary N) is 2. The van der Waals surface area contributed by atoms with E-state index in [4.69, 9.17) is 9.47 Å². The molecule has 2 N–H and O–H groups in total. The third kappa shape index (κ3) is 5.36. The molecule has 0 radical (unpaired) electrons. The Labute approximate surface area is 126 Å². The van der Waals surface area contributed by atoms with Gasteiger partial charge >= 0.3 is 0 Å². The molecular weight excluding hydrogens is 268 g/mol. The molecule has 5 heteroatoms. The first kappa shape index (κ1) is 15.8. The highest BCUT2D eigenvalue weighted by Gasteiger charge is 2.20. The van der Waals surface area contributed by atoms with E-state index < -0.39 is 0 Å². The van der Waals surface area contributed by atoms with Crippen molar-refractivity contribution in [3.63, 3.8) is 0 Å². The first-order valence-electron chi connectivity index (χ1n) is 7.62. The molecule has 5 nitrogen and oxygen atoms in total. The zero-order chi connectivity index (χ0) is 14.9. The third-order valence-electron chi connectivity index (χ3n) is 3.51. The number of carbonyl (C=O) groups is 1. The van der Waals surface area contributed by atoms with Gasteiger partial charge in [-0.2, -0.15) is 0 Å². The van der Waals surface area contributed by atoms with Crippen LogP contribution in [0.4, 0.5) is 5.69 Å². The normalized spacial score (nSPS) is 15.7. The van der Waals surface area contributed by atoms with Gasteiger partial charge < -0.3 is 20.1 Å². The van der Waals surface area contributed by atoms with Crippen molar-refractivity contribution in [2.24, 2.45) is 5.92 Å². The van der Waals surface area contributed by atoms with Gasteiger partial charge in [-0.15, -0.1) is 0 Å². The number of carbonyl (C=O) groups excluding carboxylic acids is 1. The molecule has 0 aliphatic carbocycles. The smallest absolute Gasteiger partial charge is 0.227 e. The summed E-state index contributed by atoms with van der Waals surface area (Å²) in [5.74, 6) is 0.953. The lowest BCUT2D eigenvalue weighted by molar-refractivity contribution is -0.120. The van der Waals surface area contributed by atoms with E-state index in [1.54, 1.807) is 0 Å². The fraction of sp³-hybridized carbons (Fsp3) is 0.562. The molecular formula is C16H24N2O3. The van der Waals surface area contributed by atoms with Crippen LogP contribution in [-0.2, 0) is 9.53 Å². The van der Waals surface area contributed by atoms with E-state index in [0.29, 0.717) is 19.8 Å². The van der Waals surface area contributed by atoms with E-state index in [9.17, 15) is 4.79 Å². The van der Waals surface area contributed by atoms with Crippen molar-refractivity contribution >= 4 is 11.6 Å². The van der Waals surface area contributed by atoms with Crippen LogP contribution in [0.2, 0.25) is 0 Å². The number of ether oxygens (including phenoxy) is 2. The van der Waals surface area contributed by atoms with Crippen molar-refractivity contribution < 1.29 is 14.3 Å². The minimum Gasteiger partial charge on any atom is -0.491 e. The molecule has 1 aromatic rings. The number of piperidine rings is 1. The van der Waals surface area contributed by atoms with Crippen molar-refractivity contribution in [1.82, 2.24) is 5.32 Å². The Kier molecular flexibility index (Phi) is 6.50. The number of hydrogen-bond acceptors (Lipinski definition) is 4. The zero-order valence-corrected chi connectivity index (χ0v) is 12.6. The molecule has 21 heavy (non-hydrogen) atoms. The maximum Gasteiger partial charge on any atom is 0.227 e. The molecule has 0 bridgehead atoms. The fourth-order valence-electron chi connectivity index (χ4n) is 2.35. The summed E-state index contributed by atoms with van der Waals surface area (Å²) in [4.78, 5) is 12.2. The highest BCUT2D eigenvalue weighted by molar-refractivity contribution is 5.92. The SMILES string of the molecule is CCOCCOc1cccc(NC(=O)C2CCNCC2)c1. The number of amides is 1. The first-order chi connectivity index (χ1) is 10.3. The molecule has 1 aliphatic rings. The number of hydrogen-bond donors (Lipinski definition) is 2. The molecule has 0 saturated carbocycles. The monoisotopic (exact) mass is 292 g/mol. The summed E-state index contributed by atoms with van der Waals surface area (Å²) < 4.78 is 10.8. The molecule has 1 saturated heterocycles. The van der Waals surface area contributed by atoms with E-state index in [1.165, 1.54) is 0 Å². The predicted octanol–water partition coefficient (Wildman–Crippen LogP) is 2.04. The molecule has 0 aromatic heterocycles. The van der Waals surface area contributed by atoms with Gasteiger partial charge in [-0.25, -0.2) is 0 Å². The van der Waals surface area contributed by atoms with Crippen molar-refractivity contribution in [3.05, 3.63) is 24.3 Å². The Balaban J connectivity index is 1.83. The second-order valence-electron chi connectivity index (χ2n) is 5.09. The number of rotatable bonds is 7. The Morgan fingerprint density at radius 2 is 2.14 bits per heavy atom. The molecule has 1 fully saturated rings. The average Bonchev–Trinajstić information content (AvgIpc) is 2.53. The van der Waals surface area contributed by atoms with E-state index in [0.717, 1.165) is 37.4 Å². The van der Waals surface area contributed by atoms with Gasteiger partial charge in [-0.1, -0.05) is 6.07 Å². The summed E-state index contributed by atoms with van der Waals surface area (Å²) in [6.07, 6.45) is 1.80. The number of benzene rings is 1. The largest absolute Gasteiger partial charge is 0.491 e. The quantitative estimate of drug-likeness (QED) is 0.755. The molecule has 1 aliphatic heterocycles. The molecule has 0 unspecified atom stereocenters. The lowest BCUT2D eigenvalue weighted by atomic mass is 9.97. The van der Waals surface area contributed by atoms with Gasteiger partial charge in [0.25, 0.3) is 0 Å². The standard InChI is InChI=1S/C16H24N2O3/c1-2-20-10-11-21-15-5-3-4-14(12-15)18-16(19)13-6-8-17-9-7-13/h3-5,12-13,17H,2,6-11H2,1H3,(H,18,19). The van der Waals surface area contributed by atoms with Crippen molar-refractivity contribution in [3.8, 4) is 5.75 Å². The van der Waals surface area contributed by atoms with Crippen LogP contribution in [0, 0.1) is 5.92 Å². The predicted molar refractivity (Wildman–Crippen MR) is 82.7 cm³/mol. The topological polar surface area (TPSA) is 59.6 Å². The summed E-state index contributed by atoms with van der Waals surface area (Å²) in [7, 11) is 0. The number of anilines is 1. The molecule has 2 rings (SSSR count). The van der Waals surface area contributed by atoms with Crippen molar-refractivity contribution in [2.75, 3.05) is 38.2 Å². The van der Waals surface area contributed by atoms with E-state index in [1.807, 2.05) is 31.2 Å². The molecule has 0 atom stereocenters. The molecule has 1 aromatic carbocycles. The van der Waals surface area contributed by atoms with Gasteiger partial charge in [0.1, 0.15) is 12.4 Å². The summed E-state index contributed by atoms with van der Waals surface area (Å²) in [6, 6.07) is 7.50. The van der Waals surface area contributed by atoms with Crippen LogP contribution in [0.25, 0.3) is 0 Å². The van der Waals surface area contributed by atoms with Gasteiger partial charge in [0.15, 0.2) is 0 Å². The minimum atomic E-state index is 0.1000. The minimum absolute atomic E-state index is 0.1000. The van der Waals surface area contributed by atoms with Gasteiger partial charge in [0, 0.05) is 24.3 Å². The van der Waals surface area contributed by atoms with Gasteiger partial charge in [-0.3, -0.25) is 4.79 Å². The van der Waals surface area contributed by atoms with Crippen LogP contribution in [-0.4, -0.2) is 38.8 Å². The Morgan fingerprint density at radius 3 is 2.90 bits per heavy atom. The van der Waals surface area contributed by atoms with E-state index in [2.05, 4.69) is 10.6 Å². The first-order valence-corrected chi connectivity index (χ1v) is 7.62. The molecule has 0 spiro atoms.